The van der Waals surface area contributed by atoms with Crippen LogP contribution in [0.5, 0.6) is 0 Å². The summed E-state index contributed by atoms with van der Waals surface area (Å²) in [5, 5.41) is 0.921. The molecule has 1 aromatic carbocycles. The molecule has 0 spiro atoms. The average molecular weight is 296 g/mol. The van der Waals surface area contributed by atoms with Gasteiger partial charge in [-0.3, -0.25) is 5.43 Å². The van der Waals surface area contributed by atoms with Gasteiger partial charge in [0.2, 0.25) is 9.84 Å². The number of aromatic amines is 1. The van der Waals surface area contributed by atoms with E-state index in [0.29, 0.717) is 10.9 Å². The minimum absolute atomic E-state index is 0.00813. The van der Waals surface area contributed by atoms with E-state index in [-0.39, 0.29) is 15.1 Å². The van der Waals surface area contributed by atoms with Gasteiger partial charge in [0.05, 0.1) is 5.02 Å². The molecule has 1 aromatic heterocycles. The standard InChI is InChI=1S/C12H10ClN3O2S/c13-11-8-4-1-2-5-9(8)15-12(11)19(17,18)10-6-3-7-14-16-10/h1-7,14-16H. The van der Waals surface area contributed by atoms with Gasteiger partial charge in [0, 0.05) is 17.1 Å². The second kappa shape index (κ2) is 4.32. The topological polar surface area (TPSA) is 74.0 Å². The van der Waals surface area contributed by atoms with Crippen LogP contribution in [0.25, 0.3) is 10.9 Å². The molecule has 98 valence electrons. The molecule has 1 aliphatic rings. The minimum Gasteiger partial charge on any atom is -0.344 e. The maximum Gasteiger partial charge on any atom is 0.239 e. The third-order valence-electron chi connectivity index (χ3n) is 2.79. The zero-order valence-electron chi connectivity index (χ0n) is 9.64. The van der Waals surface area contributed by atoms with Crippen LogP contribution in [0.15, 0.2) is 52.7 Å². The molecule has 2 aromatic rings. The second-order valence-corrected chi connectivity index (χ2v) is 6.21. The first-order chi connectivity index (χ1) is 9.10. The largest absolute Gasteiger partial charge is 0.344 e. The van der Waals surface area contributed by atoms with Crippen molar-refractivity contribution in [1.82, 2.24) is 15.8 Å². The number of hydrazine groups is 1. The van der Waals surface area contributed by atoms with Crippen molar-refractivity contribution in [2.24, 2.45) is 0 Å². The second-order valence-electron chi connectivity index (χ2n) is 3.98. The van der Waals surface area contributed by atoms with E-state index in [0.717, 1.165) is 0 Å². The number of fused-ring (bicyclic) bond motifs is 1. The van der Waals surface area contributed by atoms with E-state index in [1.165, 1.54) is 6.08 Å². The van der Waals surface area contributed by atoms with E-state index in [1.54, 1.807) is 30.5 Å². The van der Waals surface area contributed by atoms with Crippen molar-refractivity contribution in [1.29, 1.82) is 0 Å². The molecule has 0 unspecified atom stereocenters. The highest BCUT2D eigenvalue weighted by molar-refractivity contribution is 7.95. The monoisotopic (exact) mass is 295 g/mol. The Balaban J connectivity index is 2.21. The Hall–Kier alpha value is -1.92. The summed E-state index contributed by atoms with van der Waals surface area (Å²) in [6, 6.07) is 7.17. The van der Waals surface area contributed by atoms with E-state index < -0.39 is 9.84 Å². The number of para-hydroxylation sites is 1. The van der Waals surface area contributed by atoms with Gasteiger partial charge in [0.25, 0.3) is 0 Å². The molecular weight excluding hydrogens is 286 g/mol. The first-order valence-electron chi connectivity index (χ1n) is 5.50. The van der Waals surface area contributed by atoms with Crippen LogP contribution in [0, 0.1) is 0 Å². The molecule has 1 aliphatic heterocycles. The van der Waals surface area contributed by atoms with Crippen molar-refractivity contribution in [2.75, 3.05) is 0 Å². The number of aromatic nitrogens is 1. The molecule has 0 aliphatic carbocycles. The van der Waals surface area contributed by atoms with Crippen molar-refractivity contribution in [3.63, 3.8) is 0 Å². The van der Waals surface area contributed by atoms with Crippen LogP contribution < -0.4 is 10.9 Å². The fourth-order valence-electron chi connectivity index (χ4n) is 1.87. The van der Waals surface area contributed by atoms with Crippen molar-refractivity contribution in [3.05, 3.63) is 52.7 Å². The Kier molecular flexibility index (Phi) is 2.76. The summed E-state index contributed by atoms with van der Waals surface area (Å²) in [7, 11) is -3.71. The molecule has 3 rings (SSSR count). The van der Waals surface area contributed by atoms with Gasteiger partial charge in [0.1, 0.15) is 0 Å². The number of halogens is 1. The van der Waals surface area contributed by atoms with Gasteiger partial charge in [-0.1, -0.05) is 29.8 Å². The highest BCUT2D eigenvalue weighted by Crippen LogP contribution is 2.32. The van der Waals surface area contributed by atoms with E-state index in [2.05, 4.69) is 15.8 Å². The van der Waals surface area contributed by atoms with Crippen LogP contribution in [-0.4, -0.2) is 13.4 Å². The summed E-state index contributed by atoms with van der Waals surface area (Å²) >= 11 is 6.16. The Morgan fingerprint density at radius 1 is 1.16 bits per heavy atom. The minimum atomic E-state index is -3.71. The van der Waals surface area contributed by atoms with E-state index in [1.807, 2.05) is 6.07 Å². The lowest BCUT2D eigenvalue weighted by Gasteiger charge is -2.13. The van der Waals surface area contributed by atoms with Crippen LogP contribution in [0.4, 0.5) is 0 Å². The van der Waals surface area contributed by atoms with Crippen LogP contribution in [-0.2, 0) is 9.84 Å². The van der Waals surface area contributed by atoms with Crippen molar-refractivity contribution in [2.45, 2.75) is 5.03 Å². The van der Waals surface area contributed by atoms with Crippen LogP contribution in [0.2, 0.25) is 5.02 Å². The molecule has 0 saturated heterocycles. The summed E-state index contributed by atoms with van der Waals surface area (Å²) in [6.07, 6.45) is 4.65. The third kappa shape index (κ3) is 1.89. The molecule has 0 atom stereocenters. The first kappa shape index (κ1) is 12.1. The van der Waals surface area contributed by atoms with Crippen molar-refractivity contribution >= 4 is 32.3 Å². The van der Waals surface area contributed by atoms with Crippen molar-refractivity contribution < 1.29 is 8.42 Å². The van der Waals surface area contributed by atoms with Gasteiger partial charge >= 0.3 is 0 Å². The summed E-state index contributed by atoms with van der Waals surface area (Å²) in [4.78, 5) is 2.85. The number of benzene rings is 1. The zero-order chi connectivity index (χ0) is 13.5. The van der Waals surface area contributed by atoms with Gasteiger partial charge in [-0.25, -0.2) is 8.42 Å². The molecule has 3 N–H and O–H groups in total. The molecular formula is C12H10ClN3O2S. The Morgan fingerprint density at radius 2 is 1.95 bits per heavy atom. The molecule has 2 heterocycles. The lowest BCUT2D eigenvalue weighted by atomic mass is 10.2. The molecule has 0 radical (unpaired) electrons. The molecule has 0 fully saturated rings. The van der Waals surface area contributed by atoms with Gasteiger partial charge in [-0.05, 0) is 18.2 Å². The van der Waals surface area contributed by atoms with Gasteiger partial charge in [0.15, 0.2) is 10.1 Å². The molecule has 19 heavy (non-hydrogen) atoms. The SMILES string of the molecule is O=S(=O)(C1=CC=CNN1)c1[nH]c2ccccc2c1Cl. The van der Waals surface area contributed by atoms with Gasteiger partial charge in [-0.2, -0.15) is 0 Å². The normalized spacial score (nSPS) is 14.9. The molecule has 0 bridgehead atoms. The lowest BCUT2D eigenvalue weighted by Crippen LogP contribution is -2.32. The molecule has 7 heteroatoms. The quantitative estimate of drug-likeness (QED) is 0.793. The number of allylic oxidation sites excluding steroid dienone is 2. The smallest absolute Gasteiger partial charge is 0.239 e. The maximum atomic E-state index is 12.5. The number of sulfone groups is 1. The van der Waals surface area contributed by atoms with Crippen LogP contribution in [0.3, 0.4) is 0 Å². The maximum absolute atomic E-state index is 12.5. The zero-order valence-corrected chi connectivity index (χ0v) is 11.2. The summed E-state index contributed by atoms with van der Waals surface area (Å²) in [5.74, 6) is 0. The van der Waals surface area contributed by atoms with E-state index >= 15 is 0 Å². The Morgan fingerprint density at radius 3 is 2.63 bits per heavy atom. The Bertz CT molecular complexity index is 805. The number of hydrogen-bond acceptors (Lipinski definition) is 4. The van der Waals surface area contributed by atoms with Crippen LogP contribution in [0.1, 0.15) is 0 Å². The summed E-state index contributed by atoms with van der Waals surface area (Å²) in [6.45, 7) is 0. The molecule has 0 amide bonds. The van der Waals surface area contributed by atoms with E-state index in [4.69, 9.17) is 11.6 Å². The predicted molar refractivity (Wildman–Crippen MR) is 74.0 cm³/mol. The lowest BCUT2D eigenvalue weighted by molar-refractivity contribution is 0.590. The van der Waals surface area contributed by atoms with Gasteiger partial charge < -0.3 is 10.4 Å². The number of rotatable bonds is 2. The predicted octanol–water partition coefficient (Wildman–Crippen LogP) is 2.06. The number of H-pyrrole nitrogens is 1. The highest BCUT2D eigenvalue weighted by Gasteiger charge is 2.27. The average Bonchev–Trinajstić information content (AvgIpc) is 2.78. The fourth-order valence-corrected chi connectivity index (χ4v) is 3.65. The highest BCUT2D eigenvalue weighted by atomic mass is 35.5. The molecule has 0 saturated carbocycles. The summed E-state index contributed by atoms with van der Waals surface area (Å²) in [5.41, 5.74) is 5.90. The van der Waals surface area contributed by atoms with Crippen molar-refractivity contribution in [3.8, 4) is 0 Å². The third-order valence-corrected chi connectivity index (χ3v) is 4.96. The molecule has 5 nitrogen and oxygen atoms in total. The van der Waals surface area contributed by atoms with Crippen LogP contribution >= 0.6 is 11.6 Å². The van der Waals surface area contributed by atoms with Gasteiger partial charge in [-0.15, -0.1) is 0 Å². The number of nitrogens with one attached hydrogen (secondary N) is 3. The summed E-state index contributed by atoms with van der Waals surface area (Å²) < 4.78 is 24.9. The first-order valence-corrected chi connectivity index (χ1v) is 7.36. The van der Waals surface area contributed by atoms with E-state index in [9.17, 15) is 8.42 Å². The fraction of sp³-hybridized carbons (Fsp3) is 0. The number of hydrogen-bond donors (Lipinski definition) is 3. The Labute approximate surface area is 114 Å².